The first-order chi connectivity index (χ1) is 18.6. The van der Waals surface area contributed by atoms with Crippen molar-refractivity contribution in [2.75, 3.05) is 0 Å². The number of allylic oxidation sites excluding steroid dienone is 3. The highest BCUT2D eigenvalue weighted by molar-refractivity contribution is 5.82. The van der Waals surface area contributed by atoms with Gasteiger partial charge in [-0.1, -0.05) is 142 Å². The quantitative estimate of drug-likeness (QED) is 0.0346. The van der Waals surface area contributed by atoms with Gasteiger partial charge in [0.25, 0.3) is 0 Å². The summed E-state index contributed by atoms with van der Waals surface area (Å²) >= 11 is 0. The number of carbonyl (C=O) groups is 2. The zero-order valence-corrected chi connectivity index (χ0v) is 25.5. The lowest BCUT2D eigenvalue weighted by Gasteiger charge is -2.14. The van der Waals surface area contributed by atoms with Gasteiger partial charge < -0.3 is 0 Å². The SMILES string of the molecule is CCCCCC/C=C/CCCCCCCC(=O)OOC(=O)/C=C/CCCCCC(CC)CCCCCCC. The molecule has 0 N–H and O–H groups in total. The van der Waals surface area contributed by atoms with E-state index in [0.717, 1.165) is 44.4 Å². The predicted octanol–water partition coefficient (Wildman–Crippen LogP) is 11.1. The minimum Gasteiger partial charge on any atom is -0.247 e. The van der Waals surface area contributed by atoms with Crippen LogP contribution in [-0.2, 0) is 19.4 Å². The van der Waals surface area contributed by atoms with Crippen molar-refractivity contribution in [1.29, 1.82) is 0 Å². The van der Waals surface area contributed by atoms with Gasteiger partial charge in [-0.15, -0.1) is 0 Å². The summed E-state index contributed by atoms with van der Waals surface area (Å²) < 4.78 is 0. The van der Waals surface area contributed by atoms with Crippen LogP contribution in [0, 0.1) is 5.92 Å². The van der Waals surface area contributed by atoms with Gasteiger partial charge in [-0.2, -0.15) is 0 Å². The first kappa shape index (κ1) is 36.4. The van der Waals surface area contributed by atoms with E-state index in [1.165, 1.54) is 115 Å². The second-order valence-corrected chi connectivity index (χ2v) is 11.0. The van der Waals surface area contributed by atoms with E-state index in [0.29, 0.717) is 6.42 Å². The van der Waals surface area contributed by atoms with Crippen LogP contribution in [0.1, 0.15) is 175 Å². The normalized spacial score (nSPS) is 12.4. The lowest BCUT2D eigenvalue weighted by Crippen LogP contribution is -2.09. The largest absolute Gasteiger partial charge is 0.378 e. The van der Waals surface area contributed by atoms with Gasteiger partial charge in [0.2, 0.25) is 0 Å². The highest BCUT2D eigenvalue weighted by Crippen LogP contribution is 2.21. The minimum atomic E-state index is -0.606. The third kappa shape index (κ3) is 27.5. The Kier molecular flexibility index (Phi) is 28.7. The third-order valence-corrected chi connectivity index (χ3v) is 7.39. The predicted molar refractivity (Wildman–Crippen MR) is 162 cm³/mol. The first-order valence-electron chi connectivity index (χ1n) is 16.4. The lowest BCUT2D eigenvalue weighted by atomic mass is 9.92. The highest BCUT2D eigenvalue weighted by Gasteiger charge is 2.08. The average Bonchev–Trinajstić information content (AvgIpc) is 2.92. The van der Waals surface area contributed by atoms with Gasteiger partial charge in [0.1, 0.15) is 0 Å². The van der Waals surface area contributed by atoms with Crippen LogP contribution in [0.4, 0.5) is 0 Å². The Morgan fingerprint density at radius 1 is 0.553 bits per heavy atom. The molecule has 0 aromatic heterocycles. The second-order valence-electron chi connectivity index (χ2n) is 11.0. The number of hydrogen-bond acceptors (Lipinski definition) is 4. The van der Waals surface area contributed by atoms with Crippen LogP contribution >= 0.6 is 0 Å². The van der Waals surface area contributed by atoms with Gasteiger partial charge in [-0.25, -0.2) is 19.4 Å². The smallest absolute Gasteiger partial charge is 0.247 e. The van der Waals surface area contributed by atoms with E-state index >= 15 is 0 Å². The maximum atomic E-state index is 11.8. The van der Waals surface area contributed by atoms with Crippen molar-refractivity contribution in [2.45, 2.75) is 175 Å². The van der Waals surface area contributed by atoms with Gasteiger partial charge in [0.15, 0.2) is 0 Å². The molecule has 0 aliphatic carbocycles. The lowest BCUT2D eigenvalue weighted by molar-refractivity contribution is -0.255. The molecule has 0 aromatic rings. The van der Waals surface area contributed by atoms with Crippen LogP contribution in [0.5, 0.6) is 0 Å². The highest BCUT2D eigenvalue weighted by atomic mass is 17.2. The molecule has 222 valence electrons. The van der Waals surface area contributed by atoms with E-state index in [2.05, 4.69) is 42.7 Å². The van der Waals surface area contributed by atoms with Crippen LogP contribution in [-0.4, -0.2) is 11.9 Å². The van der Waals surface area contributed by atoms with E-state index in [1.807, 2.05) is 6.08 Å². The molecule has 0 heterocycles. The van der Waals surface area contributed by atoms with Crippen molar-refractivity contribution in [1.82, 2.24) is 0 Å². The number of carbonyl (C=O) groups excluding carboxylic acids is 2. The van der Waals surface area contributed by atoms with Crippen molar-refractivity contribution in [2.24, 2.45) is 5.92 Å². The Balaban J connectivity index is 3.56. The molecule has 1 atom stereocenters. The van der Waals surface area contributed by atoms with Gasteiger partial charge in [-0.05, 0) is 50.9 Å². The number of rotatable bonds is 27. The van der Waals surface area contributed by atoms with Crippen LogP contribution in [0.3, 0.4) is 0 Å². The van der Waals surface area contributed by atoms with Crippen LogP contribution < -0.4 is 0 Å². The molecule has 0 spiro atoms. The van der Waals surface area contributed by atoms with Gasteiger partial charge in [0.05, 0.1) is 6.42 Å². The molecule has 0 aliphatic rings. The summed E-state index contributed by atoms with van der Waals surface area (Å²) in [5.41, 5.74) is 0. The fraction of sp³-hybridized carbons (Fsp3) is 0.824. The molecular weight excluding hydrogens is 472 g/mol. The Bertz CT molecular complexity index is 581. The topological polar surface area (TPSA) is 52.6 Å². The van der Waals surface area contributed by atoms with Crippen molar-refractivity contribution < 1.29 is 19.4 Å². The molecule has 0 aliphatic heterocycles. The number of hydrogen-bond donors (Lipinski definition) is 0. The van der Waals surface area contributed by atoms with Gasteiger partial charge in [0, 0.05) is 6.08 Å². The molecule has 0 saturated carbocycles. The van der Waals surface area contributed by atoms with Crippen molar-refractivity contribution >= 4 is 11.9 Å². The molecule has 4 nitrogen and oxygen atoms in total. The summed E-state index contributed by atoms with van der Waals surface area (Å²) in [7, 11) is 0. The van der Waals surface area contributed by atoms with E-state index in [4.69, 9.17) is 0 Å². The number of unbranched alkanes of at least 4 members (excludes halogenated alkanes) is 16. The molecule has 0 radical (unpaired) electrons. The summed E-state index contributed by atoms with van der Waals surface area (Å²) in [5, 5.41) is 0. The van der Waals surface area contributed by atoms with E-state index in [-0.39, 0.29) is 0 Å². The molecular formula is C34H62O4. The van der Waals surface area contributed by atoms with Crippen molar-refractivity contribution in [3.63, 3.8) is 0 Å². The van der Waals surface area contributed by atoms with E-state index < -0.39 is 11.9 Å². The molecule has 0 rings (SSSR count). The summed E-state index contributed by atoms with van der Waals surface area (Å²) in [5.74, 6) is -0.200. The Labute approximate surface area is 236 Å². The molecule has 0 saturated heterocycles. The Morgan fingerprint density at radius 2 is 1.03 bits per heavy atom. The van der Waals surface area contributed by atoms with Crippen molar-refractivity contribution in [3.05, 3.63) is 24.3 Å². The average molecular weight is 535 g/mol. The van der Waals surface area contributed by atoms with Crippen LogP contribution in [0.15, 0.2) is 24.3 Å². The summed E-state index contributed by atoms with van der Waals surface area (Å²) in [6, 6.07) is 0. The maximum absolute atomic E-state index is 11.8. The summed E-state index contributed by atoms with van der Waals surface area (Å²) in [4.78, 5) is 32.8. The Morgan fingerprint density at radius 3 is 1.63 bits per heavy atom. The second kappa shape index (κ2) is 30.0. The summed E-state index contributed by atoms with van der Waals surface area (Å²) in [6.45, 7) is 6.82. The zero-order chi connectivity index (χ0) is 27.9. The zero-order valence-electron chi connectivity index (χ0n) is 25.5. The molecule has 0 amide bonds. The van der Waals surface area contributed by atoms with Crippen LogP contribution in [0.25, 0.3) is 0 Å². The molecule has 0 bridgehead atoms. The molecule has 38 heavy (non-hydrogen) atoms. The van der Waals surface area contributed by atoms with E-state index in [1.54, 1.807) is 0 Å². The van der Waals surface area contributed by atoms with Gasteiger partial charge in [-0.3, -0.25) is 0 Å². The fourth-order valence-corrected chi connectivity index (χ4v) is 4.78. The molecule has 0 aromatic carbocycles. The van der Waals surface area contributed by atoms with Crippen LogP contribution in [0.2, 0.25) is 0 Å². The van der Waals surface area contributed by atoms with E-state index in [9.17, 15) is 9.59 Å². The van der Waals surface area contributed by atoms with Crippen molar-refractivity contribution in [3.8, 4) is 0 Å². The molecule has 4 heteroatoms. The monoisotopic (exact) mass is 534 g/mol. The van der Waals surface area contributed by atoms with Gasteiger partial charge >= 0.3 is 11.9 Å². The molecule has 0 fully saturated rings. The maximum Gasteiger partial charge on any atom is 0.378 e. The minimum absolute atomic E-state index is 0.298. The Hall–Kier alpha value is -1.58. The first-order valence-corrected chi connectivity index (χ1v) is 16.4. The summed E-state index contributed by atoms with van der Waals surface area (Å²) in [6.07, 6.45) is 36.3. The fourth-order valence-electron chi connectivity index (χ4n) is 4.78. The standard InChI is InChI=1S/C34H62O4/c1-4-7-9-11-12-13-14-15-16-17-18-22-26-30-33(35)37-38-34(36)31-27-23-19-21-25-29-32(6-3)28-24-20-10-8-5-2/h13-14,27,31-32H,4-12,15-26,28-30H2,1-3H3/b14-13+,31-27+. The third-order valence-electron chi connectivity index (χ3n) is 7.39. The molecule has 1 unspecified atom stereocenters.